The molecule has 0 spiro atoms. The third-order valence-electron chi connectivity index (χ3n) is 5.51. The number of carbonyl (C=O) groups is 2. The van der Waals surface area contributed by atoms with Crippen LogP contribution in [0.3, 0.4) is 0 Å². The van der Waals surface area contributed by atoms with Gasteiger partial charge in [-0.25, -0.2) is 9.97 Å². The second kappa shape index (κ2) is 11.3. The Hall–Kier alpha value is -3.48. The van der Waals surface area contributed by atoms with Crippen LogP contribution < -0.4 is 5.32 Å². The van der Waals surface area contributed by atoms with Crippen LogP contribution in [0, 0.1) is 0 Å². The summed E-state index contributed by atoms with van der Waals surface area (Å²) < 4.78 is 0. The molecule has 0 unspecified atom stereocenters. The summed E-state index contributed by atoms with van der Waals surface area (Å²) in [6.07, 6.45) is 1.88. The minimum Gasteiger partial charge on any atom is -0.481 e. The predicted molar refractivity (Wildman–Crippen MR) is 138 cm³/mol. The SMILES string of the molecule is O=C(O)CCCCc1nc2cc(C(=O)NCc3cccc(Cl)c3)ccc2nc1-c1ccc(Cl)cc1. The van der Waals surface area contributed by atoms with Crippen molar-refractivity contribution in [2.24, 2.45) is 0 Å². The van der Waals surface area contributed by atoms with Crippen molar-refractivity contribution in [2.45, 2.75) is 32.2 Å². The quantitative estimate of drug-likeness (QED) is 0.258. The van der Waals surface area contributed by atoms with E-state index in [9.17, 15) is 9.59 Å². The first kappa shape index (κ1) is 24.6. The highest BCUT2D eigenvalue weighted by molar-refractivity contribution is 6.30. The molecule has 0 fully saturated rings. The number of nitrogens with one attached hydrogen (secondary N) is 1. The maximum absolute atomic E-state index is 12.8. The molecule has 4 aromatic rings. The lowest BCUT2D eigenvalue weighted by molar-refractivity contribution is -0.137. The van der Waals surface area contributed by atoms with Crippen LogP contribution in [0.25, 0.3) is 22.3 Å². The van der Waals surface area contributed by atoms with E-state index in [0.717, 1.165) is 22.5 Å². The Bertz CT molecular complexity index is 1370. The highest BCUT2D eigenvalue weighted by atomic mass is 35.5. The molecule has 0 radical (unpaired) electrons. The topological polar surface area (TPSA) is 92.2 Å². The molecule has 1 heterocycles. The molecule has 178 valence electrons. The maximum atomic E-state index is 12.8. The Morgan fingerprint density at radius 3 is 2.40 bits per heavy atom. The summed E-state index contributed by atoms with van der Waals surface area (Å²) in [6.45, 7) is 0.355. The first-order valence-electron chi connectivity index (χ1n) is 11.2. The van der Waals surface area contributed by atoms with Crippen LogP contribution in [0.1, 0.15) is 40.9 Å². The number of amides is 1. The molecular weight excluding hydrogens is 485 g/mol. The third kappa shape index (κ3) is 6.56. The number of unbranched alkanes of at least 4 members (excludes halogenated alkanes) is 1. The van der Waals surface area contributed by atoms with Gasteiger partial charge in [-0.3, -0.25) is 9.59 Å². The first-order valence-corrected chi connectivity index (χ1v) is 12.0. The number of carboxylic acids is 1. The predicted octanol–water partition coefficient (Wildman–Crippen LogP) is 6.33. The van der Waals surface area contributed by atoms with Gasteiger partial charge in [0.05, 0.1) is 22.4 Å². The van der Waals surface area contributed by atoms with E-state index in [-0.39, 0.29) is 12.3 Å². The Kier molecular flexibility index (Phi) is 7.95. The smallest absolute Gasteiger partial charge is 0.303 e. The van der Waals surface area contributed by atoms with Gasteiger partial charge in [0, 0.05) is 34.1 Å². The molecule has 6 nitrogen and oxygen atoms in total. The second-order valence-electron chi connectivity index (χ2n) is 8.14. The molecule has 2 N–H and O–H groups in total. The average Bonchev–Trinajstić information content (AvgIpc) is 2.85. The highest BCUT2D eigenvalue weighted by Crippen LogP contribution is 2.26. The van der Waals surface area contributed by atoms with Crippen molar-refractivity contribution in [3.05, 3.63) is 93.6 Å². The fourth-order valence-corrected chi connectivity index (χ4v) is 4.08. The summed E-state index contributed by atoms with van der Waals surface area (Å²) in [7, 11) is 0. The number of carbonyl (C=O) groups excluding carboxylic acids is 1. The molecule has 0 aliphatic carbocycles. The van der Waals surface area contributed by atoms with Crippen LogP contribution in [0.5, 0.6) is 0 Å². The molecule has 0 aliphatic heterocycles. The van der Waals surface area contributed by atoms with E-state index in [4.69, 9.17) is 38.3 Å². The third-order valence-corrected chi connectivity index (χ3v) is 6.00. The minimum absolute atomic E-state index is 0.105. The largest absolute Gasteiger partial charge is 0.481 e. The number of carboxylic acid groups (broad SMARTS) is 1. The van der Waals surface area contributed by atoms with Gasteiger partial charge in [0.1, 0.15) is 0 Å². The number of halogens is 2. The Labute approximate surface area is 212 Å². The number of rotatable bonds is 9. The lowest BCUT2D eigenvalue weighted by atomic mass is 10.0. The van der Waals surface area contributed by atoms with Gasteiger partial charge in [-0.05, 0) is 67.3 Å². The van der Waals surface area contributed by atoms with Crippen LogP contribution in [0.2, 0.25) is 10.0 Å². The van der Waals surface area contributed by atoms with Crippen LogP contribution >= 0.6 is 23.2 Å². The van der Waals surface area contributed by atoms with Crippen LogP contribution in [-0.4, -0.2) is 27.0 Å². The fourth-order valence-electron chi connectivity index (χ4n) is 3.75. The Morgan fingerprint density at radius 2 is 1.66 bits per heavy atom. The molecule has 4 rings (SSSR count). The maximum Gasteiger partial charge on any atom is 0.303 e. The van der Waals surface area contributed by atoms with Crippen LogP contribution in [0.4, 0.5) is 0 Å². The number of aromatic nitrogens is 2. The minimum atomic E-state index is -0.819. The second-order valence-corrected chi connectivity index (χ2v) is 9.02. The molecule has 0 atom stereocenters. The van der Waals surface area contributed by atoms with Gasteiger partial charge in [0.2, 0.25) is 0 Å². The van der Waals surface area contributed by atoms with Gasteiger partial charge in [0.15, 0.2) is 0 Å². The van der Waals surface area contributed by atoms with Crippen LogP contribution in [-0.2, 0) is 17.8 Å². The normalized spacial score (nSPS) is 10.9. The van der Waals surface area contributed by atoms with E-state index in [0.29, 0.717) is 52.4 Å². The van der Waals surface area contributed by atoms with Gasteiger partial charge in [0.25, 0.3) is 5.91 Å². The summed E-state index contributed by atoms with van der Waals surface area (Å²) in [4.78, 5) is 33.3. The van der Waals surface area contributed by atoms with Gasteiger partial charge < -0.3 is 10.4 Å². The number of hydrogen-bond donors (Lipinski definition) is 2. The number of benzene rings is 3. The number of hydrogen-bond acceptors (Lipinski definition) is 4. The lowest BCUT2D eigenvalue weighted by Gasteiger charge is -2.11. The van der Waals surface area contributed by atoms with E-state index in [1.54, 1.807) is 36.4 Å². The zero-order valence-corrected chi connectivity index (χ0v) is 20.3. The molecule has 1 aromatic heterocycles. The van der Waals surface area contributed by atoms with Crippen LogP contribution in [0.15, 0.2) is 66.7 Å². The van der Waals surface area contributed by atoms with Crippen molar-refractivity contribution < 1.29 is 14.7 Å². The van der Waals surface area contributed by atoms with Crippen molar-refractivity contribution in [2.75, 3.05) is 0 Å². The van der Waals surface area contributed by atoms with Crippen molar-refractivity contribution in [3.8, 4) is 11.3 Å². The zero-order valence-electron chi connectivity index (χ0n) is 18.8. The summed E-state index contributed by atoms with van der Waals surface area (Å²) in [5.41, 5.74) is 5.00. The number of aliphatic carboxylic acids is 1. The van der Waals surface area contributed by atoms with Gasteiger partial charge in [-0.15, -0.1) is 0 Å². The fraction of sp³-hybridized carbons (Fsp3) is 0.185. The van der Waals surface area contributed by atoms with Crippen molar-refractivity contribution in [3.63, 3.8) is 0 Å². The summed E-state index contributed by atoms with van der Waals surface area (Å²) in [5, 5.41) is 13.1. The van der Waals surface area contributed by atoms with Gasteiger partial charge in [-0.1, -0.05) is 47.5 Å². The molecule has 8 heteroatoms. The molecule has 0 saturated carbocycles. The molecule has 0 saturated heterocycles. The van der Waals surface area contributed by atoms with E-state index in [1.807, 2.05) is 30.3 Å². The summed E-state index contributed by atoms with van der Waals surface area (Å²) in [5.74, 6) is -1.04. The standard InChI is InChI=1S/C27H23Cl2N3O3/c28-20-11-8-18(9-12-20)26-23(6-1-2-7-25(33)34)31-24-15-19(10-13-22(24)32-26)27(35)30-16-17-4-3-5-21(29)14-17/h3-5,8-15H,1-2,6-7,16H2,(H,30,35)(H,33,34). The summed E-state index contributed by atoms with van der Waals surface area (Å²) in [6, 6.07) is 19.9. The lowest BCUT2D eigenvalue weighted by Crippen LogP contribution is -2.22. The molecule has 3 aromatic carbocycles. The highest BCUT2D eigenvalue weighted by Gasteiger charge is 2.14. The van der Waals surface area contributed by atoms with E-state index in [2.05, 4.69) is 5.32 Å². The molecule has 1 amide bonds. The van der Waals surface area contributed by atoms with Gasteiger partial charge >= 0.3 is 5.97 Å². The Balaban J connectivity index is 1.60. The van der Waals surface area contributed by atoms with E-state index >= 15 is 0 Å². The van der Waals surface area contributed by atoms with E-state index < -0.39 is 5.97 Å². The Morgan fingerprint density at radius 1 is 0.857 bits per heavy atom. The molecular formula is C27H23Cl2N3O3. The molecule has 0 aliphatic rings. The number of nitrogens with zero attached hydrogens (tertiary/aromatic N) is 2. The van der Waals surface area contributed by atoms with Crippen molar-refractivity contribution >= 4 is 46.1 Å². The molecule has 35 heavy (non-hydrogen) atoms. The zero-order chi connectivity index (χ0) is 24.8. The molecule has 0 bridgehead atoms. The van der Waals surface area contributed by atoms with Crippen molar-refractivity contribution in [1.82, 2.24) is 15.3 Å². The summed E-state index contributed by atoms with van der Waals surface area (Å²) >= 11 is 12.1. The van der Waals surface area contributed by atoms with E-state index in [1.165, 1.54) is 0 Å². The van der Waals surface area contributed by atoms with Crippen molar-refractivity contribution in [1.29, 1.82) is 0 Å². The number of fused-ring (bicyclic) bond motifs is 1. The monoisotopic (exact) mass is 507 g/mol. The average molecular weight is 508 g/mol. The first-order chi connectivity index (χ1) is 16.9. The number of aryl methyl sites for hydroxylation is 1. The van der Waals surface area contributed by atoms with Gasteiger partial charge in [-0.2, -0.15) is 0 Å².